The molecular weight excluding hydrogens is 297 g/mol. The molecule has 2 amide bonds. The maximum Gasteiger partial charge on any atom is 0.573 e. The molecule has 0 aliphatic heterocycles. The Bertz CT molecular complexity index is 516. The standard InChI is InChI=1S/C15H19F3N2O2/c1-10(11-6-7-11)8-19-14(21)20-9-12-4-2-3-5-13(12)22-15(16,17)18/h2-5,10-11H,6-9H2,1H3,(H2,19,20,21). The number of carbonyl (C=O) groups is 1. The molecule has 1 fully saturated rings. The van der Waals surface area contributed by atoms with Gasteiger partial charge in [0.1, 0.15) is 5.75 Å². The van der Waals surface area contributed by atoms with E-state index in [1.807, 2.05) is 0 Å². The van der Waals surface area contributed by atoms with E-state index in [9.17, 15) is 18.0 Å². The summed E-state index contributed by atoms with van der Waals surface area (Å²) in [5, 5.41) is 5.27. The molecule has 1 aliphatic rings. The Kier molecular flexibility index (Phi) is 5.15. The van der Waals surface area contributed by atoms with Gasteiger partial charge in [-0.2, -0.15) is 0 Å². The highest BCUT2D eigenvalue weighted by Crippen LogP contribution is 2.36. The lowest BCUT2D eigenvalue weighted by Gasteiger charge is -2.15. The van der Waals surface area contributed by atoms with Crippen LogP contribution in [0.4, 0.5) is 18.0 Å². The van der Waals surface area contributed by atoms with Crippen LogP contribution < -0.4 is 15.4 Å². The molecule has 7 heteroatoms. The van der Waals surface area contributed by atoms with Crippen molar-refractivity contribution in [1.29, 1.82) is 0 Å². The highest BCUT2D eigenvalue weighted by atomic mass is 19.4. The fourth-order valence-electron chi connectivity index (χ4n) is 2.20. The molecule has 0 aromatic heterocycles. The van der Waals surface area contributed by atoms with Crippen molar-refractivity contribution < 1.29 is 22.7 Å². The quantitative estimate of drug-likeness (QED) is 0.845. The van der Waals surface area contributed by atoms with Gasteiger partial charge in [0.25, 0.3) is 0 Å². The summed E-state index contributed by atoms with van der Waals surface area (Å²) < 4.78 is 40.8. The van der Waals surface area contributed by atoms with Gasteiger partial charge in [0.05, 0.1) is 0 Å². The first-order valence-corrected chi connectivity index (χ1v) is 7.20. The molecule has 122 valence electrons. The van der Waals surface area contributed by atoms with Gasteiger partial charge in [-0.25, -0.2) is 4.79 Å². The van der Waals surface area contributed by atoms with Crippen LogP contribution in [0.5, 0.6) is 5.75 Å². The Morgan fingerprint density at radius 1 is 1.32 bits per heavy atom. The van der Waals surface area contributed by atoms with Crippen LogP contribution in [0.15, 0.2) is 24.3 Å². The number of hydrogen-bond donors (Lipinski definition) is 2. The average Bonchev–Trinajstić information content (AvgIpc) is 3.26. The molecule has 22 heavy (non-hydrogen) atoms. The second kappa shape index (κ2) is 6.89. The fourth-order valence-corrected chi connectivity index (χ4v) is 2.20. The first kappa shape index (κ1) is 16.5. The van der Waals surface area contributed by atoms with Gasteiger partial charge < -0.3 is 15.4 Å². The summed E-state index contributed by atoms with van der Waals surface area (Å²) in [6, 6.07) is 5.34. The van der Waals surface area contributed by atoms with Crippen molar-refractivity contribution in [3.05, 3.63) is 29.8 Å². The third-order valence-electron chi connectivity index (χ3n) is 3.65. The van der Waals surface area contributed by atoms with Crippen molar-refractivity contribution in [1.82, 2.24) is 10.6 Å². The van der Waals surface area contributed by atoms with Gasteiger partial charge in [-0.05, 0) is 30.7 Å². The highest BCUT2D eigenvalue weighted by Gasteiger charge is 2.32. The van der Waals surface area contributed by atoms with Crippen LogP contribution in [0.25, 0.3) is 0 Å². The summed E-state index contributed by atoms with van der Waals surface area (Å²) in [6.07, 6.45) is -2.35. The van der Waals surface area contributed by atoms with E-state index in [-0.39, 0.29) is 17.9 Å². The zero-order chi connectivity index (χ0) is 16.2. The lowest BCUT2D eigenvalue weighted by atomic mass is 10.1. The number of alkyl halides is 3. The molecule has 0 spiro atoms. The number of para-hydroxylation sites is 1. The van der Waals surface area contributed by atoms with Gasteiger partial charge in [-0.1, -0.05) is 25.1 Å². The minimum atomic E-state index is -4.75. The minimum Gasteiger partial charge on any atom is -0.405 e. The third kappa shape index (κ3) is 5.46. The molecule has 0 radical (unpaired) electrons. The maximum atomic E-state index is 12.3. The van der Waals surface area contributed by atoms with E-state index in [0.29, 0.717) is 18.4 Å². The van der Waals surface area contributed by atoms with Crippen LogP contribution >= 0.6 is 0 Å². The topological polar surface area (TPSA) is 50.4 Å². The van der Waals surface area contributed by atoms with E-state index >= 15 is 0 Å². The number of halogens is 3. The first-order chi connectivity index (χ1) is 10.3. The molecule has 1 unspecified atom stereocenters. The fraction of sp³-hybridized carbons (Fsp3) is 0.533. The van der Waals surface area contributed by atoms with Crippen molar-refractivity contribution in [3.8, 4) is 5.75 Å². The van der Waals surface area contributed by atoms with Crippen molar-refractivity contribution >= 4 is 6.03 Å². The Morgan fingerprint density at radius 2 is 2.00 bits per heavy atom. The van der Waals surface area contributed by atoms with Gasteiger partial charge in [0.15, 0.2) is 0 Å². The lowest BCUT2D eigenvalue weighted by Crippen LogP contribution is -2.37. The third-order valence-corrected chi connectivity index (χ3v) is 3.65. The smallest absolute Gasteiger partial charge is 0.405 e. The number of ether oxygens (including phenoxy) is 1. The van der Waals surface area contributed by atoms with Crippen molar-refractivity contribution in [2.24, 2.45) is 11.8 Å². The Balaban J connectivity index is 1.81. The first-order valence-electron chi connectivity index (χ1n) is 7.20. The molecule has 1 atom stereocenters. The average molecular weight is 316 g/mol. The van der Waals surface area contributed by atoms with Gasteiger partial charge in [0, 0.05) is 18.7 Å². The van der Waals surface area contributed by atoms with Gasteiger partial charge >= 0.3 is 12.4 Å². The van der Waals surface area contributed by atoms with Crippen LogP contribution in [0.3, 0.4) is 0 Å². The normalized spacial score (nSPS) is 16.0. The monoisotopic (exact) mass is 316 g/mol. The second-order valence-corrected chi connectivity index (χ2v) is 5.53. The predicted octanol–water partition coefficient (Wildman–Crippen LogP) is 3.43. The van der Waals surface area contributed by atoms with Crippen molar-refractivity contribution in [3.63, 3.8) is 0 Å². The van der Waals surface area contributed by atoms with E-state index in [1.165, 1.54) is 31.0 Å². The summed E-state index contributed by atoms with van der Waals surface area (Å²) in [6.45, 7) is 2.61. The van der Waals surface area contributed by atoms with Crippen LogP contribution in [0.1, 0.15) is 25.3 Å². The van der Waals surface area contributed by atoms with Crippen LogP contribution in [0.2, 0.25) is 0 Å². The van der Waals surface area contributed by atoms with E-state index in [0.717, 1.165) is 0 Å². The number of urea groups is 1. The van der Waals surface area contributed by atoms with Gasteiger partial charge in [0.2, 0.25) is 0 Å². The minimum absolute atomic E-state index is 0.0318. The molecule has 0 saturated heterocycles. The SMILES string of the molecule is CC(CNC(=O)NCc1ccccc1OC(F)(F)F)C1CC1. The van der Waals surface area contributed by atoms with E-state index in [2.05, 4.69) is 22.3 Å². The molecule has 4 nitrogen and oxygen atoms in total. The molecule has 0 bridgehead atoms. The van der Waals surface area contributed by atoms with Crippen molar-refractivity contribution in [2.45, 2.75) is 32.7 Å². The zero-order valence-electron chi connectivity index (χ0n) is 12.2. The molecule has 1 aromatic rings. The largest absolute Gasteiger partial charge is 0.573 e. The molecule has 0 heterocycles. The maximum absolute atomic E-state index is 12.3. The number of amides is 2. The lowest BCUT2D eigenvalue weighted by molar-refractivity contribution is -0.274. The summed E-state index contributed by atoms with van der Waals surface area (Å²) >= 11 is 0. The Morgan fingerprint density at radius 3 is 2.64 bits per heavy atom. The molecule has 2 N–H and O–H groups in total. The second-order valence-electron chi connectivity index (χ2n) is 5.53. The number of rotatable bonds is 6. The van der Waals surface area contributed by atoms with Crippen LogP contribution in [0, 0.1) is 11.8 Å². The molecule has 2 rings (SSSR count). The number of benzene rings is 1. The Labute approximate surface area is 127 Å². The van der Waals surface area contributed by atoms with E-state index < -0.39 is 12.4 Å². The number of carbonyl (C=O) groups excluding carboxylic acids is 1. The molecular formula is C15H19F3N2O2. The molecule has 1 aliphatic carbocycles. The zero-order valence-corrected chi connectivity index (χ0v) is 12.2. The van der Waals surface area contributed by atoms with Gasteiger partial charge in [-0.15, -0.1) is 13.2 Å². The summed E-state index contributed by atoms with van der Waals surface area (Å²) in [7, 11) is 0. The van der Waals surface area contributed by atoms with E-state index in [4.69, 9.17) is 0 Å². The molecule has 1 aromatic carbocycles. The summed E-state index contributed by atoms with van der Waals surface area (Å²) in [4.78, 5) is 11.7. The predicted molar refractivity (Wildman–Crippen MR) is 75.3 cm³/mol. The van der Waals surface area contributed by atoms with Crippen molar-refractivity contribution in [2.75, 3.05) is 6.54 Å². The van der Waals surface area contributed by atoms with E-state index in [1.54, 1.807) is 6.07 Å². The Hall–Kier alpha value is -1.92. The van der Waals surface area contributed by atoms with Crippen LogP contribution in [-0.4, -0.2) is 18.9 Å². The van der Waals surface area contributed by atoms with Gasteiger partial charge in [-0.3, -0.25) is 0 Å². The van der Waals surface area contributed by atoms with Crippen LogP contribution in [-0.2, 0) is 6.54 Å². The number of hydrogen-bond acceptors (Lipinski definition) is 2. The molecule has 1 saturated carbocycles. The highest BCUT2D eigenvalue weighted by molar-refractivity contribution is 5.73. The summed E-state index contributed by atoms with van der Waals surface area (Å²) in [5.41, 5.74) is 0.269. The summed E-state index contributed by atoms with van der Waals surface area (Å²) in [5.74, 6) is 0.800. The number of nitrogens with one attached hydrogen (secondary N) is 2.